The molecule has 12 heavy (non-hydrogen) atoms. The lowest BCUT2D eigenvalue weighted by Gasteiger charge is -2.09. The zero-order valence-corrected chi connectivity index (χ0v) is 8.56. The number of nitrogens with zero attached hydrogens (tertiary/aromatic N) is 1. The van der Waals surface area contributed by atoms with Crippen LogP contribution in [0.5, 0.6) is 0 Å². The second kappa shape index (κ2) is 4.01. The summed E-state index contributed by atoms with van der Waals surface area (Å²) in [7, 11) is 0. The minimum Gasteiger partial charge on any atom is -0.386 e. The van der Waals surface area contributed by atoms with Crippen LogP contribution in [0.25, 0.3) is 0 Å². The highest BCUT2D eigenvalue weighted by molar-refractivity contribution is 7.09. The zero-order valence-electron chi connectivity index (χ0n) is 7.74. The fourth-order valence-corrected chi connectivity index (χ4v) is 1.87. The first-order valence-electron chi connectivity index (χ1n) is 4.19. The van der Waals surface area contributed by atoms with Gasteiger partial charge in [-0.05, 0) is 19.3 Å². The van der Waals surface area contributed by atoms with Crippen LogP contribution >= 0.6 is 11.3 Å². The molecule has 1 rings (SSSR count). The summed E-state index contributed by atoms with van der Waals surface area (Å²) < 4.78 is 0. The molecule has 1 N–H and O–H groups in total. The van der Waals surface area contributed by atoms with E-state index in [2.05, 4.69) is 18.8 Å². The van der Waals surface area contributed by atoms with Gasteiger partial charge in [0, 0.05) is 11.1 Å². The topological polar surface area (TPSA) is 33.1 Å². The molecule has 2 nitrogen and oxygen atoms in total. The first kappa shape index (κ1) is 9.68. The lowest BCUT2D eigenvalue weighted by atomic mass is 10.1. The van der Waals surface area contributed by atoms with Crippen LogP contribution in [0.2, 0.25) is 0 Å². The molecule has 0 radical (unpaired) electrons. The molecule has 0 bridgehead atoms. The molecule has 0 amide bonds. The predicted molar refractivity (Wildman–Crippen MR) is 51.3 cm³/mol. The number of aliphatic hydroxyl groups is 1. The molecule has 0 aliphatic rings. The summed E-state index contributed by atoms with van der Waals surface area (Å²) in [5.74, 6) is 0.518. The molecule has 0 aliphatic heterocycles. The summed E-state index contributed by atoms with van der Waals surface area (Å²) in [6.07, 6.45) is 0.427. The Morgan fingerprint density at radius 3 is 2.67 bits per heavy atom. The normalized spacial score (nSPS) is 13.8. The van der Waals surface area contributed by atoms with Crippen molar-refractivity contribution in [2.45, 2.75) is 33.3 Å². The van der Waals surface area contributed by atoms with E-state index in [1.807, 2.05) is 12.3 Å². The lowest BCUT2D eigenvalue weighted by Crippen LogP contribution is -2.01. The van der Waals surface area contributed by atoms with Crippen LogP contribution in [-0.4, -0.2) is 10.1 Å². The second-order valence-electron chi connectivity index (χ2n) is 3.47. The smallest absolute Gasteiger partial charge is 0.121 e. The van der Waals surface area contributed by atoms with Gasteiger partial charge in [-0.25, -0.2) is 4.98 Å². The monoisotopic (exact) mass is 185 g/mol. The van der Waals surface area contributed by atoms with Crippen molar-refractivity contribution < 1.29 is 5.11 Å². The van der Waals surface area contributed by atoms with Gasteiger partial charge >= 0.3 is 0 Å². The van der Waals surface area contributed by atoms with Gasteiger partial charge in [0.1, 0.15) is 11.1 Å². The van der Waals surface area contributed by atoms with Crippen LogP contribution in [-0.2, 0) is 0 Å². The molecular formula is C9H15NOS. The van der Waals surface area contributed by atoms with Crippen LogP contribution in [0.15, 0.2) is 5.38 Å². The molecule has 0 saturated heterocycles. The Labute approximate surface area is 77.3 Å². The third-order valence-corrected chi connectivity index (χ3v) is 2.68. The van der Waals surface area contributed by atoms with Gasteiger partial charge in [0.05, 0.1) is 0 Å². The van der Waals surface area contributed by atoms with Crippen molar-refractivity contribution in [3.05, 3.63) is 16.1 Å². The zero-order chi connectivity index (χ0) is 9.14. The molecule has 68 valence electrons. The average molecular weight is 185 g/mol. The first-order valence-corrected chi connectivity index (χ1v) is 5.07. The van der Waals surface area contributed by atoms with E-state index in [1.165, 1.54) is 11.3 Å². The molecule has 1 aromatic heterocycles. The highest BCUT2D eigenvalue weighted by Gasteiger charge is 2.12. The summed E-state index contributed by atoms with van der Waals surface area (Å²) in [5.41, 5.74) is 0.998. The third kappa shape index (κ3) is 2.57. The van der Waals surface area contributed by atoms with Gasteiger partial charge in [-0.3, -0.25) is 0 Å². The van der Waals surface area contributed by atoms with Gasteiger partial charge in [-0.2, -0.15) is 0 Å². The van der Waals surface area contributed by atoms with E-state index >= 15 is 0 Å². The van der Waals surface area contributed by atoms with E-state index in [9.17, 15) is 5.11 Å². The van der Waals surface area contributed by atoms with Crippen LogP contribution in [0, 0.1) is 12.8 Å². The van der Waals surface area contributed by atoms with Gasteiger partial charge in [-0.15, -0.1) is 11.3 Å². The van der Waals surface area contributed by atoms with E-state index < -0.39 is 0 Å². The first-order chi connectivity index (χ1) is 5.59. The molecule has 0 aliphatic carbocycles. The highest BCUT2D eigenvalue weighted by Crippen LogP contribution is 2.23. The standard InChI is InChI=1S/C9H15NOS/c1-6(2)4-8(11)9-10-7(3)5-12-9/h5-6,8,11H,4H2,1-3H3. The molecule has 3 heteroatoms. The summed E-state index contributed by atoms with van der Waals surface area (Å²) in [6.45, 7) is 6.15. The number of aliphatic hydroxyl groups excluding tert-OH is 1. The SMILES string of the molecule is Cc1csc(C(O)CC(C)C)n1. The Morgan fingerprint density at radius 1 is 1.58 bits per heavy atom. The van der Waals surface area contributed by atoms with E-state index in [-0.39, 0.29) is 6.10 Å². The number of aromatic nitrogens is 1. The van der Waals surface area contributed by atoms with Gasteiger partial charge in [0.25, 0.3) is 0 Å². The number of hydrogen-bond donors (Lipinski definition) is 1. The number of thiazole rings is 1. The van der Waals surface area contributed by atoms with Crippen LogP contribution < -0.4 is 0 Å². The van der Waals surface area contributed by atoms with Crippen molar-refractivity contribution in [1.29, 1.82) is 0 Å². The van der Waals surface area contributed by atoms with Crippen molar-refractivity contribution in [2.75, 3.05) is 0 Å². The molecule has 1 unspecified atom stereocenters. The summed E-state index contributed by atoms with van der Waals surface area (Å²) >= 11 is 1.54. The van der Waals surface area contributed by atoms with E-state index in [0.717, 1.165) is 17.1 Å². The van der Waals surface area contributed by atoms with Gasteiger partial charge in [0.2, 0.25) is 0 Å². The average Bonchev–Trinajstić information content (AvgIpc) is 2.34. The fourth-order valence-electron chi connectivity index (χ4n) is 1.07. The van der Waals surface area contributed by atoms with Crippen molar-refractivity contribution in [1.82, 2.24) is 4.98 Å². The maximum absolute atomic E-state index is 9.65. The molecule has 1 heterocycles. The Hall–Kier alpha value is -0.410. The maximum Gasteiger partial charge on any atom is 0.121 e. The third-order valence-electron chi connectivity index (χ3n) is 1.62. The fraction of sp³-hybridized carbons (Fsp3) is 0.667. The maximum atomic E-state index is 9.65. The molecule has 0 spiro atoms. The van der Waals surface area contributed by atoms with Crippen molar-refractivity contribution in [2.24, 2.45) is 5.92 Å². The van der Waals surface area contributed by atoms with E-state index in [4.69, 9.17) is 0 Å². The Morgan fingerprint density at radius 2 is 2.25 bits per heavy atom. The molecule has 0 saturated carbocycles. The molecular weight excluding hydrogens is 170 g/mol. The largest absolute Gasteiger partial charge is 0.386 e. The van der Waals surface area contributed by atoms with Crippen molar-refractivity contribution >= 4 is 11.3 Å². The van der Waals surface area contributed by atoms with Crippen molar-refractivity contribution in [3.63, 3.8) is 0 Å². The highest BCUT2D eigenvalue weighted by atomic mass is 32.1. The summed E-state index contributed by atoms with van der Waals surface area (Å²) in [6, 6.07) is 0. The second-order valence-corrected chi connectivity index (χ2v) is 4.36. The Bertz CT molecular complexity index is 244. The summed E-state index contributed by atoms with van der Waals surface area (Å²) in [4.78, 5) is 4.23. The number of hydrogen-bond acceptors (Lipinski definition) is 3. The van der Waals surface area contributed by atoms with E-state index in [0.29, 0.717) is 5.92 Å². The lowest BCUT2D eigenvalue weighted by molar-refractivity contribution is 0.150. The number of rotatable bonds is 3. The Kier molecular flexibility index (Phi) is 3.23. The predicted octanol–water partition coefficient (Wildman–Crippen LogP) is 2.53. The number of aryl methyl sites for hydroxylation is 1. The van der Waals surface area contributed by atoms with Gasteiger partial charge in [0.15, 0.2) is 0 Å². The van der Waals surface area contributed by atoms with Crippen LogP contribution in [0.1, 0.15) is 37.1 Å². The minimum absolute atomic E-state index is 0.372. The quantitative estimate of drug-likeness (QED) is 0.785. The van der Waals surface area contributed by atoms with Gasteiger partial charge in [-0.1, -0.05) is 13.8 Å². The van der Waals surface area contributed by atoms with Crippen LogP contribution in [0.3, 0.4) is 0 Å². The molecule has 1 aromatic rings. The molecule has 0 aromatic carbocycles. The van der Waals surface area contributed by atoms with Crippen molar-refractivity contribution in [3.8, 4) is 0 Å². The minimum atomic E-state index is -0.372. The molecule has 0 fully saturated rings. The van der Waals surface area contributed by atoms with Crippen LogP contribution in [0.4, 0.5) is 0 Å². The van der Waals surface area contributed by atoms with E-state index in [1.54, 1.807) is 0 Å². The summed E-state index contributed by atoms with van der Waals surface area (Å²) in [5, 5.41) is 12.5. The Balaban J connectivity index is 2.58. The molecule has 1 atom stereocenters. The van der Waals surface area contributed by atoms with Gasteiger partial charge < -0.3 is 5.11 Å².